The zero-order chi connectivity index (χ0) is 14.0. The molecule has 0 aliphatic heterocycles. The third kappa shape index (κ3) is 2.33. The average Bonchev–Trinajstić information content (AvgIpc) is 2.84. The molecule has 1 heterocycles. The van der Waals surface area contributed by atoms with Crippen molar-refractivity contribution >= 4 is 0 Å². The normalized spacial score (nSPS) is 12.5. The first-order valence-electron chi connectivity index (χ1n) is 6.12. The molecule has 0 radical (unpaired) electrons. The fraction of sp³-hybridized carbons (Fsp3) is 0.357. The Hall–Kier alpha value is -1.88. The second-order valence-corrected chi connectivity index (χ2v) is 4.29. The minimum atomic E-state index is -1.10. The topological polar surface area (TPSA) is 47.3 Å². The second-order valence-electron chi connectivity index (χ2n) is 4.29. The van der Waals surface area contributed by atoms with E-state index in [0.29, 0.717) is 23.6 Å². The van der Waals surface area contributed by atoms with Crippen LogP contribution in [0.3, 0.4) is 0 Å². The molecule has 19 heavy (non-hydrogen) atoms. The van der Waals surface area contributed by atoms with E-state index in [1.165, 1.54) is 13.3 Å². The third-order valence-electron chi connectivity index (χ3n) is 3.14. The molecule has 1 unspecified atom stereocenters. The minimum Gasteiger partial charge on any atom is -0.493 e. The quantitative estimate of drug-likeness (QED) is 0.922. The summed E-state index contributed by atoms with van der Waals surface area (Å²) in [6.45, 7) is 4.14. The van der Waals surface area contributed by atoms with E-state index in [1.54, 1.807) is 29.8 Å². The largest absolute Gasteiger partial charge is 0.493 e. The number of benzene rings is 1. The van der Waals surface area contributed by atoms with Gasteiger partial charge in [0.15, 0.2) is 5.75 Å². The van der Waals surface area contributed by atoms with Gasteiger partial charge in [0.2, 0.25) is 0 Å². The summed E-state index contributed by atoms with van der Waals surface area (Å²) in [5, 5.41) is 14.5. The van der Waals surface area contributed by atoms with Gasteiger partial charge < -0.3 is 9.84 Å². The number of hydrogen-bond donors (Lipinski definition) is 1. The van der Waals surface area contributed by atoms with Gasteiger partial charge >= 0.3 is 0 Å². The van der Waals surface area contributed by atoms with Crippen molar-refractivity contribution in [3.05, 3.63) is 47.0 Å². The number of aryl methyl sites for hydroxylation is 2. The molecule has 0 aliphatic rings. The summed E-state index contributed by atoms with van der Waals surface area (Å²) in [4.78, 5) is 0. The van der Waals surface area contributed by atoms with E-state index in [0.717, 1.165) is 0 Å². The Kier molecular flexibility index (Phi) is 3.85. The van der Waals surface area contributed by atoms with Crippen LogP contribution in [0, 0.1) is 12.7 Å². The molecular formula is C14H17FN2O2. The lowest BCUT2D eigenvalue weighted by Crippen LogP contribution is -2.12. The number of ether oxygens (including phenoxy) is 1. The number of rotatable bonds is 4. The molecule has 0 aliphatic carbocycles. The van der Waals surface area contributed by atoms with Crippen LogP contribution in [0.5, 0.6) is 5.75 Å². The van der Waals surface area contributed by atoms with E-state index >= 15 is 0 Å². The molecule has 0 amide bonds. The molecule has 5 heteroatoms. The smallest absolute Gasteiger partial charge is 0.163 e. The first-order chi connectivity index (χ1) is 9.10. The Morgan fingerprint density at radius 1 is 1.47 bits per heavy atom. The highest BCUT2D eigenvalue weighted by molar-refractivity contribution is 5.37. The Balaban J connectivity index is 2.52. The van der Waals surface area contributed by atoms with E-state index in [-0.39, 0.29) is 5.56 Å². The van der Waals surface area contributed by atoms with Crippen molar-refractivity contribution in [2.45, 2.75) is 26.5 Å². The highest BCUT2D eigenvalue weighted by Gasteiger charge is 2.24. The van der Waals surface area contributed by atoms with Crippen LogP contribution >= 0.6 is 0 Å². The predicted octanol–water partition coefficient (Wildman–Crippen LogP) is 2.44. The van der Waals surface area contributed by atoms with Gasteiger partial charge in [-0.05, 0) is 19.4 Å². The van der Waals surface area contributed by atoms with Crippen LogP contribution in [-0.4, -0.2) is 22.0 Å². The molecule has 0 saturated heterocycles. The van der Waals surface area contributed by atoms with E-state index in [2.05, 4.69) is 5.10 Å². The van der Waals surface area contributed by atoms with Crippen LogP contribution in [0.1, 0.15) is 29.8 Å². The summed E-state index contributed by atoms with van der Waals surface area (Å²) in [6.07, 6.45) is 0.424. The molecule has 1 aromatic heterocycles. The maximum absolute atomic E-state index is 14.1. The summed E-state index contributed by atoms with van der Waals surface area (Å²) < 4.78 is 20.9. The van der Waals surface area contributed by atoms with Gasteiger partial charge in [-0.25, -0.2) is 4.39 Å². The first-order valence-corrected chi connectivity index (χ1v) is 6.12. The van der Waals surface area contributed by atoms with Crippen molar-refractivity contribution < 1.29 is 14.2 Å². The van der Waals surface area contributed by atoms with E-state index < -0.39 is 11.9 Å². The molecular weight excluding hydrogens is 247 g/mol. The summed E-state index contributed by atoms with van der Waals surface area (Å²) in [6, 6.07) is 4.95. The van der Waals surface area contributed by atoms with Gasteiger partial charge in [-0.3, -0.25) is 4.68 Å². The molecule has 102 valence electrons. The number of aromatic nitrogens is 2. The zero-order valence-corrected chi connectivity index (χ0v) is 11.2. The summed E-state index contributed by atoms with van der Waals surface area (Å²) in [5.41, 5.74) is 1.20. The maximum atomic E-state index is 14.1. The van der Waals surface area contributed by atoms with Crippen molar-refractivity contribution in [3.63, 3.8) is 0 Å². The van der Waals surface area contributed by atoms with E-state index in [4.69, 9.17) is 4.74 Å². The highest BCUT2D eigenvalue weighted by atomic mass is 19.1. The van der Waals surface area contributed by atoms with Gasteiger partial charge in [0.1, 0.15) is 17.6 Å². The zero-order valence-electron chi connectivity index (χ0n) is 11.2. The SMILES string of the molecule is CCn1ncc(OC)c1C(O)c1cccc(C)c1F. The number of aliphatic hydroxyl groups is 1. The summed E-state index contributed by atoms with van der Waals surface area (Å²) in [5.74, 6) is 0.0520. The van der Waals surface area contributed by atoms with Gasteiger partial charge in [-0.2, -0.15) is 5.10 Å². The van der Waals surface area contributed by atoms with Crippen molar-refractivity contribution in [2.24, 2.45) is 0 Å². The van der Waals surface area contributed by atoms with Crippen molar-refractivity contribution in [1.82, 2.24) is 9.78 Å². The molecule has 2 rings (SSSR count). The van der Waals surface area contributed by atoms with E-state index in [9.17, 15) is 9.50 Å². The first kappa shape index (κ1) is 13.5. The lowest BCUT2D eigenvalue weighted by Gasteiger charge is -2.16. The highest BCUT2D eigenvalue weighted by Crippen LogP contribution is 2.31. The molecule has 0 spiro atoms. The molecule has 0 saturated carbocycles. The lowest BCUT2D eigenvalue weighted by atomic mass is 10.0. The molecule has 1 aromatic carbocycles. The van der Waals surface area contributed by atoms with Gasteiger partial charge in [0.05, 0.1) is 13.3 Å². The third-order valence-corrected chi connectivity index (χ3v) is 3.14. The molecule has 1 atom stereocenters. The Labute approximate surface area is 111 Å². The van der Waals surface area contributed by atoms with Crippen LogP contribution in [0.2, 0.25) is 0 Å². The second kappa shape index (κ2) is 5.40. The monoisotopic (exact) mass is 264 g/mol. The van der Waals surface area contributed by atoms with Gasteiger partial charge in [0.25, 0.3) is 0 Å². The van der Waals surface area contributed by atoms with Crippen LogP contribution in [0.4, 0.5) is 4.39 Å². The van der Waals surface area contributed by atoms with Gasteiger partial charge in [-0.1, -0.05) is 18.2 Å². The average molecular weight is 264 g/mol. The van der Waals surface area contributed by atoms with Crippen LogP contribution in [-0.2, 0) is 6.54 Å². The minimum absolute atomic E-state index is 0.230. The molecule has 0 bridgehead atoms. The molecule has 2 aromatic rings. The van der Waals surface area contributed by atoms with Crippen molar-refractivity contribution in [1.29, 1.82) is 0 Å². The fourth-order valence-electron chi connectivity index (χ4n) is 2.09. The maximum Gasteiger partial charge on any atom is 0.163 e. The lowest BCUT2D eigenvalue weighted by molar-refractivity contribution is 0.197. The van der Waals surface area contributed by atoms with Crippen LogP contribution in [0.15, 0.2) is 24.4 Å². The van der Waals surface area contributed by atoms with Gasteiger partial charge in [0, 0.05) is 12.1 Å². The summed E-state index contributed by atoms with van der Waals surface area (Å²) >= 11 is 0. The standard InChI is InChI=1S/C14H17FN2O2/c1-4-17-13(11(19-3)8-16-17)14(18)10-7-5-6-9(2)12(10)15/h5-8,14,18H,4H2,1-3H3. The van der Waals surface area contributed by atoms with E-state index in [1.807, 2.05) is 6.92 Å². The Bertz CT molecular complexity index is 559. The van der Waals surface area contributed by atoms with Gasteiger partial charge in [-0.15, -0.1) is 0 Å². The number of methoxy groups -OCH3 is 1. The number of hydrogen-bond acceptors (Lipinski definition) is 3. The number of nitrogens with zero attached hydrogens (tertiary/aromatic N) is 2. The predicted molar refractivity (Wildman–Crippen MR) is 69.7 cm³/mol. The molecule has 0 fully saturated rings. The van der Waals surface area contributed by atoms with Crippen molar-refractivity contribution in [3.8, 4) is 5.75 Å². The molecule has 4 nitrogen and oxygen atoms in total. The van der Waals surface area contributed by atoms with Crippen LogP contribution < -0.4 is 4.74 Å². The number of halogens is 1. The Morgan fingerprint density at radius 3 is 2.84 bits per heavy atom. The fourth-order valence-corrected chi connectivity index (χ4v) is 2.09. The molecule has 1 N–H and O–H groups in total. The summed E-state index contributed by atoms with van der Waals surface area (Å²) in [7, 11) is 1.50. The van der Waals surface area contributed by atoms with Crippen LogP contribution in [0.25, 0.3) is 0 Å². The number of aliphatic hydroxyl groups excluding tert-OH is 1. The Morgan fingerprint density at radius 2 is 2.21 bits per heavy atom. The van der Waals surface area contributed by atoms with Crippen molar-refractivity contribution in [2.75, 3.05) is 7.11 Å².